The van der Waals surface area contributed by atoms with Crippen LogP contribution in [0.3, 0.4) is 0 Å². The molecule has 0 unspecified atom stereocenters. The summed E-state index contributed by atoms with van der Waals surface area (Å²) in [6.07, 6.45) is 0. The van der Waals surface area contributed by atoms with Crippen LogP contribution in [0, 0.1) is 5.82 Å². The summed E-state index contributed by atoms with van der Waals surface area (Å²) in [5.41, 5.74) is 1.89. The second kappa shape index (κ2) is 7.43. The minimum atomic E-state index is -0.285. The zero-order valence-electron chi connectivity index (χ0n) is 12.0. The fourth-order valence-electron chi connectivity index (χ4n) is 2.00. The Kier molecular flexibility index (Phi) is 5.59. The van der Waals surface area contributed by atoms with Crippen molar-refractivity contribution in [2.75, 3.05) is 14.2 Å². The molecular weight excluding hydrogens is 337 g/mol. The van der Waals surface area contributed by atoms with Crippen molar-refractivity contribution in [2.45, 2.75) is 13.2 Å². The van der Waals surface area contributed by atoms with E-state index < -0.39 is 0 Å². The number of ether oxygens (including phenoxy) is 2. The van der Waals surface area contributed by atoms with E-state index >= 15 is 0 Å². The van der Waals surface area contributed by atoms with Crippen LogP contribution in [0.5, 0.6) is 11.5 Å². The first-order chi connectivity index (χ1) is 10.2. The SMILES string of the molecule is CNCc1cccc(OC)c1OCc1ccc(F)c(Br)c1. The monoisotopic (exact) mass is 353 g/mol. The minimum absolute atomic E-state index is 0.285. The average Bonchev–Trinajstić information content (AvgIpc) is 2.49. The topological polar surface area (TPSA) is 30.5 Å². The summed E-state index contributed by atoms with van der Waals surface area (Å²) in [6.45, 7) is 1.02. The maximum absolute atomic E-state index is 13.2. The molecule has 0 atom stereocenters. The van der Waals surface area contributed by atoms with Crippen LogP contribution in [-0.4, -0.2) is 14.2 Å². The Morgan fingerprint density at radius 3 is 2.71 bits per heavy atom. The van der Waals surface area contributed by atoms with E-state index in [-0.39, 0.29) is 5.82 Å². The molecule has 0 spiro atoms. The summed E-state index contributed by atoms with van der Waals surface area (Å²) in [4.78, 5) is 0. The van der Waals surface area contributed by atoms with Crippen molar-refractivity contribution in [1.82, 2.24) is 5.32 Å². The number of hydrogen-bond acceptors (Lipinski definition) is 3. The van der Waals surface area contributed by atoms with Crippen LogP contribution in [0.25, 0.3) is 0 Å². The van der Waals surface area contributed by atoms with Crippen molar-refractivity contribution in [1.29, 1.82) is 0 Å². The summed E-state index contributed by atoms with van der Waals surface area (Å²) < 4.78 is 24.9. The third-order valence-electron chi connectivity index (χ3n) is 3.01. The number of nitrogens with one attached hydrogen (secondary N) is 1. The van der Waals surface area contributed by atoms with Crippen LogP contribution in [0.2, 0.25) is 0 Å². The minimum Gasteiger partial charge on any atom is -0.493 e. The van der Waals surface area contributed by atoms with E-state index in [1.807, 2.05) is 25.2 Å². The molecule has 3 nitrogen and oxygen atoms in total. The highest BCUT2D eigenvalue weighted by Gasteiger charge is 2.10. The van der Waals surface area contributed by atoms with Gasteiger partial charge in [0.15, 0.2) is 11.5 Å². The predicted octanol–water partition coefficient (Wildman–Crippen LogP) is 3.90. The van der Waals surface area contributed by atoms with Gasteiger partial charge in [-0.3, -0.25) is 0 Å². The fourth-order valence-corrected chi connectivity index (χ4v) is 2.43. The molecule has 2 rings (SSSR count). The lowest BCUT2D eigenvalue weighted by Gasteiger charge is -2.15. The van der Waals surface area contributed by atoms with Crippen molar-refractivity contribution in [2.24, 2.45) is 0 Å². The number of hydrogen-bond donors (Lipinski definition) is 1. The van der Waals surface area contributed by atoms with Gasteiger partial charge in [-0.2, -0.15) is 0 Å². The molecule has 0 radical (unpaired) electrons. The molecular formula is C16H17BrFNO2. The molecule has 0 amide bonds. The highest BCUT2D eigenvalue weighted by molar-refractivity contribution is 9.10. The lowest BCUT2D eigenvalue weighted by atomic mass is 10.1. The van der Waals surface area contributed by atoms with E-state index in [0.29, 0.717) is 29.1 Å². The summed E-state index contributed by atoms with van der Waals surface area (Å²) in [5, 5.41) is 3.10. The molecule has 5 heteroatoms. The van der Waals surface area contributed by atoms with Gasteiger partial charge in [-0.05, 0) is 46.7 Å². The van der Waals surface area contributed by atoms with Crippen LogP contribution in [-0.2, 0) is 13.2 Å². The van der Waals surface area contributed by atoms with Crippen molar-refractivity contribution >= 4 is 15.9 Å². The molecule has 2 aromatic carbocycles. The van der Waals surface area contributed by atoms with Crippen molar-refractivity contribution in [3.05, 3.63) is 57.8 Å². The van der Waals surface area contributed by atoms with Gasteiger partial charge in [-0.15, -0.1) is 0 Å². The van der Waals surface area contributed by atoms with Crippen LogP contribution in [0.1, 0.15) is 11.1 Å². The standard InChI is InChI=1S/C16H17BrFNO2/c1-19-9-12-4-3-5-15(20-2)16(12)21-10-11-6-7-14(18)13(17)8-11/h3-8,19H,9-10H2,1-2H3. The van der Waals surface area contributed by atoms with E-state index in [4.69, 9.17) is 9.47 Å². The normalized spacial score (nSPS) is 10.5. The third kappa shape index (κ3) is 3.95. The Balaban J connectivity index is 2.20. The van der Waals surface area contributed by atoms with Gasteiger partial charge in [0.2, 0.25) is 0 Å². The summed E-state index contributed by atoms with van der Waals surface area (Å²) in [5.74, 6) is 1.10. The molecule has 0 aliphatic carbocycles. The molecule has 0 aliphatic heterocycles. The second-order valence-electron chi connectivity index (χ2n) is 4.52. The van der Waals surface area contributed by atoms with Gasteiger partial charge in [0.1, 0.15) is 12.4 Å². The highest BCUT2D eigenvalue weighted by atomic mass is 79.9. The van der Waals surface area contributed by atoms with Gasteiger partial charge in [0, 0.05) is 12.1 Å². The third-order valence-corrected chi connectivity index (χ3v) is 3.62. The van der Waals surface area contributed by atoms with Crippen molar-refractivity contribution in [3.63, 3.8) is 0 Å². The Bertz CT molecular complexity index is 619. The van der Waals surface area contributed by atoms with Gasteiger partial charge in [-0.25, -0.2) is 4.39 Å². The molecule has 112 valence electrons. The first kappa shape index (κ1) is 15.8. The summed E-state index contributed by atoms with van der Waals surface area (Å²) >= 11 is 3.17. The van der Waals surface area contributed by atoms with Crippen LogP contribution >= 0.6 is 15.9 Å². The van der Waals surface area contributed by atoms with Crippen molar-refractivity contribution in [3.8, 4) is 11.5 Å². The van der Waals surface area contributed by atoms with E-state index in [0.717, 1.165) is 11.1 Å². The largest absolute Gasteiger partial charge is 0.493 e. The number of methoxy groups -OCH3 is 1. The maximum atomic E-state index is 13.2. The molecule has 2 aromatic rings. The van der Waals surface area contributed by atoms with E-state index in [1.54, 1.807) is 19.2 Å². The highest BCUT2D eigenvalue weighted by Crippen LogP contribution is 2.32. The molecule has 0 aromatic heterocycles. The Morgan fingerprint density at radius 1 is 1.24 bits per heavy atom. The van der Waals surface area contributed by atoms with Gasteiger partial charge in [-0.1, -0.05) is 18.2 Å². The van der Waals surface area contributed by atoms with Crippen LogP contribution in [0.15, 0.2) is 40.9 Å². The molecule has 0 heterocycles. The molecule has 0 saturated heterocycles. The number of halogens is 2. The Hall–Kier alpha value is -1.59. The molecule has 0 fully saturated rings. The fraction of sp³-hybridized carbons (Fsp3) is 0.250. The van der Waals surface area contributed by atoms with Gasteiger partial charge in [0.05, 0.1) is 11.6 Å². The van der Waals surface area contributed by atoms with Crippen LogP contribution < -0.4 is 14.8 Å². The second-order valence-corrected chi connectivity index (χ2v) is 5.37. The Labute approximate surface area is 132 Å². The summed E-state index contributed by atoms with van der Waals surface area (Å²) in [6, 6.07) is 10.6. The first-order valence-electron chi connectivity index (χ1n) is 6.53. The zero-order valence-corrected chi connectivity index (χ0v) is 13.5. The number of benzene rings is 2. The molecule has 0 aliphatic rings. The van der Waals surface area contributed by atoms with Crippen LogP contribution in [0.4, 0.5) is 4.39 Å². The van der Waals surface area contributed by atoms with Gasteiger partial charge in [0.25, 0.3) is 0 Å². The molecule has 0 bridgehead atoms. The summed E-state index contributed by atoms with van der Waals surface area (Å²) in [7, 11) is 3.49. The number of rotatable bonds is 6. The quantitative estimate of drug-likeness (QED) is 0.854. The van der Waals surface area contributed by atoms with Gasteiger partial charge < -0.3 is 14.8 Å². The van der Waals surface area contributed by atoms with E-state index in [1.165, 1.54) is 6.07 Å². The molecule has 0 saturated carbocycles. The zero-order chi connectivity index (χ0) is 15.2. The van der Waals surface area contributed by atoms with E-state index in [9.17, 15) is 4.39 Å². The smallest absolute Gasteiger partial charge is 0.166 e. The van der Waals surface area contributed by atoms with E-state index in [2.05, 4.69) is 21.2 Å². The molecule has 1 N–H and O–H groups in total. The lowest BCUT2D eigenvalue weighted by molar-refractivity contribution is 0.280. The maximum Gasteiger partial charge on any atom is 0.166 e. The average molecular weight is 354 g/mol. The Morgan fingerprint density at radius 2 is 2.05 bits per heavy atom. The lowest BCUT2D eigenvalue weighted by Crippen LogP contribution is -2.08. The van der Waals surface area contributed by atoms with Crippen molar-refractivity contribution < 1.29 is 13.9 Å². The predicted molar refractivity (Wildman–Crippen MR) is 84.2 cm³/mol. The number of para-hydroxylation sites is 1. The first-order valence-corrected chi connectivity index (χ1v) is 7.32. The molecule has 21 heavy (non-hydrogen) atoms. The van der Waals surface area contributed by atoms with Gasteiger partial charge >= 0.3 is 0 Å².